The Morgan fingerprint density at radius 1 is 1.00 bits per heavy atom. The van der Waals surface area contributed by atoms with Crippen LogP contribution in [0, 0.1) is 5.41 Å². The highest BCUT2D eigenvalue weighted by atomic mass is 16.7. The molecule has 0 radical (unpaired) electrons. The van der Waals surface area contributed by atoms with Gasteiger partial charge in [-0.1, -0.05) is 18.2 Å². The number of para-hydroxylation sites is 1. The molecule has 0 spiro atoms. The molecule has 0 saturated carbocycles. The summed E-state index contributed by atoms with van der Waals surface area (Å²) in [6, 6.07) is 7.05. The van der Waals surface area contributed by atoms with Crippen LogP contribution in [0.2, 0.25) is 0 Å². The van der Waals surface area contributed by atoms with Gasteiger partial charge in [0.2, 0.25) is 0 Å². The Bertz CT molecular complexity index is 712. The van der Waals surface area contributed by atoms with Crippen LogP contribution >= 0.6 is 0 Å². The number of ether oxygens (including phenoxy) is 2. The van der Waals surface area contributed by atoms with E-state index >= 15 is 0 Å². The standard InChI is InChI=1S/C16H15NO5/c1-15(2)21-13(19)16(3,14(20)22-15)8-10-9-6-4-5-7-11(9)17-12(10)18/h4-8H,1-3H3,(H,17,18)/b10-8-. The van der Waals surface area contributed by atoms with E-state index in [1.54, 1.807) is 24.3 Å². The Hall–Kier alpha value is -2.63. The summed E-state index contributed by atoms with van der Waals surface area (Å²) in [5.74, 6) is -3.15. The zero-order valence-corrected chi connectivity index (χ0v) is 12.4. The van der Waals surface area contributed by atoms with Crippen molar-refractivity contribution in [1.29, 1.82) is 0 Å². The van der Waals surface area contributed by atoms with E-state index in [2.05, 4.69) is 5.32 Å². The second-order valence-corrected chi connectivity index (χ2v) is 5.94. The van der Waals surface area contributed by atoms with Crippen molar-refractivity contribution < 1.29 is 23.9 Å². The van der Waals surface area contributed by atoms with Crippen LogP contribution in [0.4, 0.5) is 5.69 Å². The molecule has 0 aliphatic carbocycles. The topological polar surface area (TPSA) is 81.7 Å². The van der Waals surface area contributed by atoms with Gasteiger partial charge >= 0.3 is 11.9 Å². The van der Waals surface area contributed by atoms with Crippen molar-refractivity contribution in [3.8, 4) is 0 Å². The minimum atomic E-state index is -1.65. The summed E-state index contributed by atoms with van der Waals surface area (Å²) in [6.45, 7) is 4.34. The molecule has 0 unspecified atom stereocenters. The second-order valence-electron chi connectivity index (χ2n) is 5.94. The van der Waals surface area contributed by atoms with E-state index in [0.29, 0.717) is 11.3 Å². The summed E-state index contributed by atoms with van der Waals surface area (Å²) in [4.78, 5) is 36.6. The molecule has 114 valence electrons. The van der Waals surface area contributed by atoms with Gasteiger partial charge in [0.05, 0.1) is 0 Å². The van der Waals surface area contributed by atoms with Crippen LogP contribution in [0.15, 0.2) is 30.3 Å². The van der Waals surface area contributed by atoms with Crippen molar-refractivity contribution in [3.63, 3.8) is 0 Å². The van der Waals surface area contributed by atoms with Gasteiger partial charge in [0.1, 0.15) is 0 Å². The molecule has 1 N–H and O–H groups in total. The minimum absolute atomic E-state index is 0.256. The lowest BCUT2D eigenvalue weighted by Crippen LogP contribution is -2.51. The SMILES string of the molecule is CC1(C)OC(=O)C(C)(/C=C2\C(=O)Nc3ccccc32)C(=O)O1. The maximum Gasteiger partial charge on any atom is 0.330 e. The average Bonchev–Trinajstić information content (AvgIpc) is 2.72. The fraction of sp³-hybridized carbons (Fsp3) is 0.312. The monoisotopic (exact) mass is 301 g/mol. The van der Waals surface area contributed by atoms with E-state index in [1.165, 1.54) is 26.8 Å². The number of hydrogen-bond donors (Lipinski definition) is 1. The number of hydrogen-bond acceptors (Lipinski definition) is 5. The van der Waals surface area contributed by atoms with Crippen molar-refractivity contribution in [2.75, 3.05) is 5.32 Å². The highest BCUT2D eigenvalue weighted by molar-refractivity contribution is 6.32. The first kappa shape index (κ1) is 14.3. The van der Waals surface area contributed by atoms with E-state index in [4.69, 9.17) is 9.47 Å². The van der Waals surface area contributed by atoms with Crippen LogP contribution in [0.5, 0.6) is 0 Å². The highest BCUT2D eigenvalue weighted by Gasteiger charge is 2.52. The van der Waals surface area contributed by atoms with Gasteiger partial charge < -0.3 is 14.8 Å². The van der Waals surface area contributed by atoms with Crippen molar-refractivity contribution in [3.05, 3.63) is 35.9 Å². The van der Waals surface area contributed by atoms with Gasteiger partial charge in [-0.15, -0.1) is 0 Å². The number of esters is 2. The molecule has 0 bridgehead atoms. The van der Waals surface area contributed by atoms with Crippen LogP contribution < -0.4 is 5.32 Å². The average molecular weight is 301 g/mol. The molecule has 1 aromatic carbocycles. The van der Waals surface area contributed by atoms with Crippen LogP contribution in [0.25, 0.3) is 5.57 Å². The smallest absolute Gasteiger partial charge is 0.330 e. The zero-order chi connectivity index (χ0) is 16.1. The molecule has 1 amide bonds. The van der Waals surface area contributed by atoms with Crippen molar-refractivity contribution >= 4 is 29.1 Å². The predicted octanol–water partition coefficient (Wildman–Crippen LogP) is 1.86. The number of amides is 1. The highest BCUT2D eigenvalue weighted by Crippen LogP contribution is 2.39. The quantitative estimate of drug-likeness (QED) is 0.486. The van der Waals surface area contributed by atoms with E-state index in [-0.39, 0.29) is 11.5 Å². The predicted molar refractivity (Wildman–Crippen MR) is 77.4 cm³/mol. The van der Waals surface area contributed by atoms with Crippen molar-refractivity contribution in [2.24, 2.45) is 5.41 Å². The van der Waals surface area contributed by atoms with E-state index in [9.17, 15) is 14.4 Å². The number of benzene rings is 1. The molecule has 2 heterocycles. The molecule has 1 fully saturated rings. The van der Waals surface area contributed by atoms with E-state index in [0.717, 1.165) is 0 Å². The summed E-state index contributed by atoms with van der Waals surface area (Å²) in [5, 5.41) is 2.69. The van der Waals surface area contributed by atoms with Gasteiger partial charge in [-0.3, -0.25) is 14.4 Å². The Labute approximate surface area is 127 Å². The molecule has 1 aromatic rings. The molecule has 6 heteroatoms. The normalized spacial score (nSPS) is 23.6. The summed E-state index contributed by atoms with van der Waals surface area (Å²) in [5.41, 5.74) is -0.120. The maximum absolute atomic E-state index is 12.2. The molecule has 6 nitrogen and oxygen atoms in total. The van der Waals surface area contributed by atoms with Gasteiger partial charge in [0.15, 0.2) is 5.41 Å². The summed E-state index contributed by atoms with van der Waals surface area (Å²) < 4.78 is 10.3. The first-order chi connectivity index (χ1) is 10.2. The fourth-order valence-electron chi connectivity index (χ4n) is 2.45. The van der Waals surface area contributed by atoms with Gasteiger partial charge in [-0.05, 0) is 19.1 Å². The van der Waals surface area contributed by atoms with Crippen molar-refractivity contribution in [1.82, 2.24) is 0 Å². The van der Waals surface area contributed by atoms with Crippen molar-refractivity contribution in [2.45, 2.75) is 26.6 Å². The third-order valence-electron chi connectivity index (χ3n) is 3.67. The third kappa shape index (κ3) is 2.07. The van der Waals surface area contributed by atoms with Gasteiger partial charge in [-0.2, -0.15) is 0 Å². The Morgan fingerprint density at radius 3 is 2.23 bits per heavy atom. The van der Waals surface area contributed by atoms with Gasteiger partial charge in [0.25, 0.3) is 11.7 Å². The number of carbonyl (C=O) groups excluding carboxylic acids is 3. The molecule has 22 heavy (non-hydrogen) atoms. The fourth-order valence-corrected chi connectivity index (χ4v) is 2.45. The lowest BCUT2D eigenvalue weighted by Gasteiger charge is -2.37. The van der Waals surface area contributed by atoms with Crippen LogP contribution in [0.3, 0.4) is 0 Å². The lowest BCUT2D eigenvalue weighted by molar-refractivity contribution is -0.245. The first-order valence-electron chi connectivity index (χ1n) is 6.83. The Balaban J connectivity index is 2.06. The van der Waals surface area contributed by atoms with Crippen LogP contribution in [0.1, 0.15) is 26.3 Å². The van der Waals surface area contributed by atoms with Gasteiger partial charge in [-0.25, -0.2) is 0 Å². The first-order valence-corrected chi connectivity index (χ1v) is 6.83. The number of anilines is 1. The van der Waals surface area contributed by atoms with Gasteiger partial charge in [0, 0.05) is 30.7 Å². The number of nitrogens with one attached hydrogen (secondary N) is 1. The Kier molecular flexibility index (Phi) is 2.88. The molecule has 0 atom stereocenters. The summed E-state index contributed by atoms with van der Waals surface area (Å²) >= 11 is 0. The lowest BCUT2D eigenvalue weighted by atomic mass is 9.86. The number of fused-ring (bicyclic) bond motifs is 1. The molecular weight excluding hydrogens is 286 g/mol. The van der Waals surface area contributed by atoms with Crippen LogP contribution in [-0.2, 0) is 23.9 Å². The Morgan fingerprint density at radius 2 is 1.59 bits per heavy atom. The number of carbonyl (C=O) groups is 3. The molecule has 1 saturated heterocycles. The number of cyclic esters (lactones) is 2. The second kappa shape index (κ2) is 4.43. The van der Waals surface area contributed by atoms with E-state index < -0.39 is 23.1 Å². The summed E-state index contributed by atoms with van der Waals surface area (Å²) in [7, 11) is 0. The summed E-state index contributed by atoms with van der Waals surface area (Å²) in [6.07, 6.45) is 1.31. The largest absolute Gasteiger partial charge is 0.422 e. The minimum Gasteiger partial charge on any atom is -0.422 e. The molecular formula is C16H15NO5. The maximum atomic E-state index is 12.2. The zero-order valence-electron chi connectivity index (χ0n) is 12.4. The molecule has 2 aliphatic heterocycles. The van der Waals surface area contributed by atoms with E-state index in [1.807, 2.05) is 0 Å². The number of rotatable bonds is 1. The molecule has 2 aliphatic rings. The third-order valence-corrected chi connectivity index (χ3v) is 3.67. The molecule has 3 rings (SSSR count). The molecule has 0 aromatic heterocycles. The van der Waals surface area contributed by atoms with Crippen LogP contribution in [-0.4, -0.2) is 23.6 Å².